The van der Waals surface area contributed by atoms with Gasteiger partial charge in [-0.3, -0.25) is 0 Å². The first kappa shape index (κ1) is 11.6. The van der Waals surface area contributed by atoms with Crippen LogP contribution in [0.25, 0.3) is 10.6 Å². The molecule has 2 rings (SSSR count). The molecule has 1 heterocycles. The highest BCUT2D eigenvalue weighted by Gasteiger charge is 2.10. The number of aliphatic hydroxyl groups is 1. The van der Waals surface area contributed by atoms with E-state index in [4.69, 9.17) is 9.84 Å². The van der Waals surface area contributed by atoms with Crippen LogP contribution in [-0.4, -0.2) is 17.2 Å². The summed E-state index contributed by atoms with van der Waals surface area (Å²) in [4.78, 5) is 4.34. The average Bonchev–Trinajstić information content (AvgIpc) is 2.71. The number of methoxy groups -OCH3 is 1. The second-order valence-electron chi connectivity index (χ2n) is 3.13. The summed E-state index contributed by atoms with van der Waals surface area (Å²) < 4.78 is 6.02. The zero-order valence-corrected chi connectivity index (χ0v) is 11.0. The van der Waals surface area contributed by atoms with Gasteiger partial charge in [-0.25, -0.2) is 4.98 Å². The lowest BCUT2D eigenvalue weighted by atomic mass is 10.2. The quantitative estimate of drug-likeness (QED) is 0.947. The number of aromatic nitrogens is 1. The second kappa shape index (κ2) is 4.95. The van der Waals surface area contributed by atoms with Gasteiger partial charge >= 0.3 is 0 Å². The minimum atomic E-state index is -0.0545. The molecule has 0 bridgehead atoms. The molecule has 1 aromatic heterocycles. The summed E-state index contributed by atoms with van der Waals surface area (Å²) in [5.74, 6) is 0.800. The molecule has 1 aromatic carbocycles. The van der Waals surface area contributed by atoms with E-state index < -0.39 is 0 Å². The van der Waals surface area contributed by atoms with Crippen LogP contribution in [0.4, 0.5) is 0 Å². The molecule has 3 nitrogen and oxygen atoms in total. The molecule has 0 atom stereocenters. The van der Waals surface area contributed by atoms with Crippen LogP contribution in [-0.2, 0) is 6.61 Å². The second-order valence-corrected chi connectivity index (χ2v) is 5.45. The first-order chi connectivity index (χ1) is 7.74. The molecule has 2 aromatic rings. The molecule has 0 aliphatic carbocycles. The Labute approximate surface area is 106 Å². The molecule has 0 saturated carbocycles. The van der Waals surface area contributed by atoms with Crippen LogP contribution >= 0.6 is 27.3 Å². The predicted molar refractivity (Wildman–Crippen MR) is 67.7 cm³/mol. The summed E-state index contributed by atoms with van der Waals surface area (Å²) in [7, 11) is 1.63. The molecular weight excluding hydrogens is 290 g/mol. The average molecular weight is 300 g/mol. The van der Waals surface area contributed by atoms with Crippen molar-refractivity contribution in [3.05, 3.63) is 33.7 Å². The minimum absolute atomic E-state index is 0.0545. The largest absolute Gasteiger partial charge is 0.497 e. The SMILES string of the molecule is COc1cccc(-c2nc(CO)c(Br)s2)c1. The number of aliphatic hydroxyl groups excluding tert-OH is 1. The van der Waals surface area contributed by atoms with Gasteiger partial charge in [0.25, 0.3) is 0 Å². The van der Waals surface area contributed by atoms with Crippen LogP contribution in [0.3, 0.4) is 0 Å². The molecule has 0 aliphatic heterocycles. The fourth-order valence-corrected chi connectivity index (χ4v) is 2.78. The van der Waals surface area contributed by atoms with Crippen molar-refractivity contribution in [3.8, 4) is 16.3 Å². The highest BCUT2D eigenvalue weighted by Crippen LogP contribution is 2.33. The molecule has 0 unspecified atom stereocenters. The fourth-order valence-electron chi connectivity index (χ4n) is 1.31. The molecule has 0 radical (unpaired) electrons. The van der Waals surface area contributed by atoms with Crippen molar-refractivity contribution in [1.82, 2.24) is 4.98 Å². The van der Waals surface area contributed by atoms with Crippen LogP contribution < -0.4 is 4.74 Å². The number of hydrogen-bond acceptors (Lipinski definition) is 4. The maximum atomic E-state index is 9.07. The van der Waals surface area contributed by atoms with E-state index in [9.17, 15) is 0 Å². The molecule has 1 N–H and O–H groups in total. The lowest BCUT2D eigenvalue weighted by molar-refractivity contribution is 0.277. The number of hydrogen-bond donors (Lipinski definition) is 1. The van der Waals surface area contributed by atoms with E-state index in [1.54, 1.807) is 7.11 Å². The van der Waals surface area contributed by atoms with Gasteiger partial charge in [0, 0.05) is 5.56 Å². The topological polar surface area (TPSA) is 42.4 Å². The number of ether oxygens (including phenoxy) is 1. The number of benzene rings is 1. The van der Waals surface area contributed by atoms with E-state index in [0.29, 0.717) is 5.69 Å². The summed E-state index contributed by atoms with van der Waals surface area (Å²) in [5, 5.41) is 9.94. The van der Waals surface area contributed by atoms with Crippen molar-refractivity contribution in [2.24, 2.45) is 0 Å². The highest BCUT2D eigenvalue weighted by molar-refractivity contribution is 9.11. The van der Waals surface area contributed by atoms with Gasteiger partial charge in [0.15, 0.2) is 0 Å². The standard InChI is InChI=1S/C11H10BrNO2S/c1-15-8-4-2-3-7(5-8)11-13-9(6-14)10(12)16-11/h2-5,14H,6H2,1H3. The molecule has 5 heteroatoms. The molecule has 0 aliphatic rings. The predicted octanol–water partition coefficient (Wildman–Crippen LogP) is 3.07. The van der Waals surface area contributed by atoms with Crippen molar-refractivity contribution in [2.75, 3.05) is 7.11 Å². The number of nitrogens with zero attached hydrogens (tertiary/aromatic N) is 1. The molecule has 0 amide bonds. The van der Waals surface area contributed by atoms with E-state index in [-0.39, 0.29) is 6.61 Å². The summed E-state index contributed by atoms with van der Waals surface area (Å²) in [6, 6.07) is 7.70. The Morgan fingerprint density at radius 3 is 2.94 bits per heavy atom. The third kappa shape index (κ3) is 2.26. The van der Waals surface area contributed by atoms with Gasteiger partial charge in [-0.2, -0.15) is 0 Å². The zero-order valence-electron chi connectivity index (χ0n) is 8.61. The molecule has 0 fully saturated rings. The van der Waals surface area contributed by atoms with Crippen LogP contribution in [0.5, 0.6) is 5.75 Å². The van der Waals surface area contributed by atoms with E-state index in [1.807, 2.05) is 24.3 Å². The van der Waals surface area contributed by atoms with Gasteiger partial charge in [0.05, 0.1) is 23.2 Å². The van der Waals surface area contributed by atoms with E-state index in [1.165, 1.54) is 11.3 Å². The van der Waals surface area contributed by atoms with E-state index >= 15 is 0 Å². The van der Waals surface area contributed by atoms with Crippen molar-refractivity contribution in [2.45, 2.75) is 6.61 Å². The summed E-state index contributed by atoms with van der Waals surface area (Å²) in [6.45, 7) is -0.0545. The maximum Gasteiger partial charge on any atom is 0.124 e. The Morgan fingerprint density at radius 2 is 2.31 bits per heavy atom. The van der Waals surface area contributed by atoms with E-state index in [2.05, 4.69) is 20.9 Å². The summed E-state index contributed by atoms with van der Waals surface area (Å²) >= 11 is 4.88. The Hall–Kier alpha value is -0.910. The van der Waals surface area contributed by atoms with Gasteiger partial charge in [-0.05, 0) is 28.1 Å². The van der Waals surface area contributed by atoms with E-state index in [0.717, 1.165) is 20.1 Å². The number of rotatable bonds is 3. The molecular formula is C11H10BrNO2S. The first-order valence-corrected chi connectivity index (χ1v) is 6.26. The number of halogens is 1. The fraction of sp³-hybridized carbons (Fsp3) is 0.182. The van der Waals surface area contributed by atoms with Gasteiger partial charge in [0.2, 0.25) is 0 Å². The van der Waals surface area contributed by atoms with Gasteiger partial charge in [-0.1, -0.05) is 12.1 Å². The highest BCUT2D eigenvalue weighted by atomic mass is 79.9. The third-order valence-electron chi connectivity index (χ3n) is 2.12. The minimum Gasteiger partial charge on any atom is -0.497 e. The van der Waals surface area contributed by atoms with Crippen LogP contribution in [0.1, 0.15) is 5.69 Å². The first-order valence-electron chi connectivity index (χ1n) is 4.65. The Bertz CT molecular complexity index is 498. The molecule has 16 heavy (non-hydrogen) atoms. The molecule has 0 saturated heterocycles. The van der Waals surface area contributed by atoms with Crippen molar-refractivity contribution in [3.63, 3.8) is 0 Å². The summed E-state index contributed by atoms with van der Waals surface area (Å²) in [5.41, 5.74) is 1.66. The lowest BCUT2D eigenvalue weighted by Crippen LogP contribution is -1.85. The van der Waals surface area contributed by atoms with Crippen LogP contribution in [0.2, 0.25) is 0 Å². The van der Waals surface area contributed by atoms with Crippen molar-refractivity contribution < 1.29 is 9.84 Å². The Balaban J connectivity index is 2.41. The number of thiazole rings is 1. The van der Waals surface area contributed by atoms with Gasteiger partial charge < -0.3 is 9.84 Å². The monoisotopic (exact) mass is 299 g/mol. The van der Waals surface area contributed by atoms with Crippen molar-refractivity contribution in [1.29, 1.82) is 0 Å². The van der Waals surface area contributed by atoms with Gasteiger partial charge in [0.1, 0.15) is 10.8 Å². The third-order valence-corrected chi connectivity index (χ3v) is 3.99. The molecule has 84 valence electrons. The van der Waals surface area contributed by atoms with Gasteiger partial charge in [-0.15, -0.1) is 11.3 Å². The smallest absolute Gasteiger partial charge is 0.124 e. The Morgan fingerprint density at radius 1 is 1.50 bits per heavy atom. The van der Waals surface area contributed by atoms with Crippen LogP contribution in [0.15, 0.2) is 28.1 Å². The zero-order chi connectivity index (χ0) is 11.5. The van der Waals surface area contributed by atoms with Crippen LogP contribution in [0, 0.1) is 0 Å². The molecule has 0 spiro atoms. The van der Waals surface area contributed by atoms with Crippen molar-refractivity contribution >= 4 is 27.3 Å². The Kier molecular flexibility index (Phi) is 3.58. The summed E-state index contributed by atoms with van der Waals surface area (Å²) in [6.07, 6.45) is 0. The lowest BCUT2D eigenvalue weighted by Gasteiger charge is -2.00. The maximum absolute atomic E-state index is 9.07. The normalized spacial score (nSPS) is 10.4.